The van der Waals surface area contributed by atoms with Crippen LogP contribution in [-0.4, -0.2) is 12.9 Å². The van der Waals surface area contributed by atoms with Gasteiger partial charge >= 0.3 is 0 Å². The Labute approximate surface area is 84.2 Å². The highest BCUT2D eigenvalue weighted by atomic mass is 16.5. The minimum absolute atomic E-state index is 0.0386. The van der Waals surface area contributed by atoms with Crippen LogP contribution in [0, 0.1) is 6.92 Å². The Kier molecular flexibility index (Phi) is 3.07. The number of hydrogen-bond donors (Lipinski definition) is 0. The molecular weight excluding hydrogens is 176 g/mol. The molecule has 0 saturated carbocycles. The molecule has 0 aliphatic rings. The van der Waals surface area contributed by atoms with Crippen LogP contribution >= 0.6 is 0 Å². The van der Waals surface area contributed by atoms with Gasteiger partial charge in [0.2, 0.25) is 0 Å². The zero-order chi connectivity index (χ0) is 10.7. The quantitative estimate of drug-likeness (QED) is 0.541. The van der Waals surface area contributed by atoms with E-state index >= 15 is 0 Å². The molecule has 0 heterocycles. The number of rotatable bonds is 3. The first-order valence-electron chi connectivity index (χ1n) is 4.41. The zero-order valence-corrected chi connectivity index (χ0v) is 8.76. The summed E-state index contributed by atoms with van der Waals surface area (Å²) >= 11 is 0. The van der Waals surface area contributed by atoms with Crippen LogP contribution in [0.1, 0.15) is 22.8 Å². The lowest BCUT2D eigenvalue weighted by Crippen LogP contribution is -2.00. The number of methoxy groups -OCH3 is 1. The summed E-state index contributed by atoms with van der Waals surface area (Å²) in [5.74, 6) is 0.695. The van der Waals surface area contributed by atoms with E-state index in [2.05, 4.69) is 6.58 Å². The van der Waals surface area contributed by atoms with E-state index in [0.717, 1.165) is 11.3 Å². The summed E-state index contributed by atoms with van der Waals surface area (Å²) in [6.07, 6.45) is 0. The number of carbonyl (C=O) groups is 1. The number of benzene rings is 1. The van der Waals surface area contributed by atoms with Gasteiger partial charge in [0.05, 0.1) is 7.11 Å². The Bertz CT molecular complexity index is 378. The van der Waals surface area contributed by atoms with Crippen molar-refractivity contribution in [2.24, 2.45) is 0 Å². The van der Waals surface area contributed by atoms with Gasteiger partial charge in [-0.05, 0) is 31.1 Å². The van der Waals surface area contributed by atoms with Gasteiger partial charge < -0.3 is 4.74 Å². The van der Waals surface area contributed by atoms with E-state index in [1.54, 1.807) is 26.2 Å². The molecule has 0 aliphatic heterocycles. The third kappa shape index (κ3) is 2.02. The Morgan fingerprint density at radius 3 is 2.57 bits per heavy atom. The minimum atomic E-state index is -0.0386. The third-order valence-electron chi connectivity index (χ3n) is 2.06. The molecule has 1 rings (SSSR count). The van der Waals surface area contributed by atoms with Crippen molar-refractivity contribution in [3.05, 3.63) is 41.5 Å². The number of Topliss-reactive ketones (excluding diaryl/α,β-unsaturated/α-hetero) is 1. The highest BCUT2D eigenvalue weighted by molar-refractivity contribution is 6.08. The Morgan fingerprint density at radius 1 is 1.43 bits per heavy atom. The average Bonchev–Trinajstić information content (AvgIpc) is 2.17. The Hall–Kier alpha value is -1.57. The summed E-state index contributed by atoms with van der Waals surface area (Å²) in [6.45, 7) is 7.26. The van der Waals surface area contributed by atoms with E-state index in [9.17, 15) is 4.79 Å². The fraction of sp³-hybridized carbons (Fsp3) is 0.250. The van der Waals surface area contributed by atoms with Crippen molar-refractivity contribution < 1.29 is 9.53 Å². The first-order chi connectivity index (χ1) is 6.56. The second-order valence-corrected chi connectivity index (χ2v) is 3.29. The molecular formula is C12H14O2. The highest BCUT2D eigenvalue weighted by Gasteiger charge is 2.08. The molecule has 74 valence electrons. The molecule has 0 N–H and O–H groups in total. The van der Waals surface area contributed by atoms with Crippen molar-refractivity contribution in [2.45, 2.75) is 13.8 Å². The topological polar surface area (TPSA) is 26.3 Å². The second kappa shape index (κ2) is 4.09. The van der Waals surface area contributed by atoms with Crippen molar-refractivity contribution in [3.63, 3.8) is 0 Å². The molecule has 1 aromatic rings. The number of hydrogen-bond acceptors (Lipinski definition) is 2. The van der Waals surface area contributed by atoms with Crippen LogP contribution in [0.3, 0.4) is 0 Å². The molecule has 0 amide bonds. The molecule has 0 spiro atoms. The number of ketones is 1. The van der Waals surface area contributed by atoms with Gasteiger partial charge in [-0.15, -0.1) is 0 Å². The van der Waals surface area contributed by atoms with Gasteiger partial charge in [-0.2, -0.15) is 0 Å². The minimum Gasteiger partial charge on any atom is -0.496 e. The van der Waals surface area contributed by atoms with E-state index in [-0.39, 0.29) is 5.78 Å². The molecule has 0 unspecified atom stereocenters. The third-order valence-corrected chi connectivity index (χ3v) is 2.06. The summed E-state index contributed by atoms with van der Waals surface area (Å²) in [5.41, 5.74) is 2.18. The van der Waals surface area contributed by atoms with Gasteiger partial charge in [0.1, 0.15) is 5.75 Å². The van der Waals surface area contributed by atoms with E-state index in [1.165, 1.54) is 0 Å². The lowest BCUT2D eigenvalue weighted by molar-refractivity contribution is 0.103. The predicted molar refractivity (Wildman–Crippen MR) is 56.9 cm³/mol. The van der Waals surface area contributed by atoms with Gasteiger partial charge in [-0.25, -0.2) is 0 Å². The molecule has 0 fully saturated rings. The largest absolute Gasteiger partial charge is 0.496 e. The standard InChI is InChI=1S/C12H14O2/c1-8(2)12(13)10-6-5-9(3)11(7-10)14-4/h5-7H,1H2,2-4H3. The lowest BCUT2D eigenvalue weighted by Gasteiger charge is -2.06. The van der Waals surface area contributed by atoms with Crippen molar-refractivity contribution in [2.75, 3.05) is 7.11 Å². The maximum Gasteiger partial charge on any atom is 0.188 e. The van der Waals surface area contributed by atoms with Crippen molar-refractivity contribution in [1.82, 2.24) is 0 Å². The van der Waals surface area contributed by atoms with Crippen LogP contribution in [0.4, 0.5) is 0 Å². The molecule has 14 heavy (non-hydrogen) atoms. The maximum absolute atomic E-state index is 11.6. The van der Waals surface area contributed by atoms with Crippen LogP contribution in [0.2, 0.25) is 0 Å². The van der Waals surface area contributed by atoms with Crippen LogP contribution in [-0.2, 0) is 0 Å². The first-order valence-corrected chi connectivity index (χ1v) is 4.41. The molecule has 0 radical (unpaired) electrons. The van der Waals surface area contributed by atoms with Crippen LogP contribution in [0.15, 0.2) is 30.4 Å². The summed E-state index contributed by atoms with van der Waals surface area (Å²) in [4.78, 5) is 11.6. The summed E-state index contributed by atoms with van der Waals surface area (Å²) in [6, 6.07) is 5.40. The van der Waals surface area contributed by atoms with E-state index in [1.807, 2.05) is 13.0 Å². The average molecular weight is 190 g/mol. The fourth-order valence-electron chi connectivity index (χ4n) is 1.21. The fourth-order valence-corrected chi connectivity index (χ4v) is 1.21. The van der Waals surface area contributed by atoms with Gasteiger partial charge in [0.25, 0.3) is 0 Å². The van der Waals surface area contributed by atoms with E-state index in [0.29, 0.717) is 11.1 Å². The van der Waals surface area contributed by atoms with Crippen LogP contribution < -0.4 is 4.74 Å². The molecule has 2 nitrogen and oxygen atoms in total. The first kappa shape index (κ1) is 10.5. The van der Waals surface area contributed by atoms with Crippen molar-refractivity contribution in [3.8, 4) is 5.75 Å². The number of aryl methyl sites for hydroxylation is 1. The zero-order valence-electron chi connectivity index (χ0n) is 8.76. The van der Waals surface area contributed by atoms with Crippen molar-refractivity contribution in [1.29, 1.82) is 0 Å². The number of carbonyl (C=O) groups excluding carboxylic acids is 1. The van der Waals surface area contributed by atoms with Crippen LogP contribution in [0.25, 0.3) is 0 Å². The smallest absolute Gasteiger partial charge is 0.188 e. The van der Waals surface area contributed by atoms with Gasteiger partial charge in [0, 0.05) is 5.56 Å². The van der Waals surface area contributed by atoms with Crippen molar-refractivity contribution >= 4 is 5.78 Å². The highest BCUT2D eigenvalue weighted by Crippen LogP contribution is 2.20. The number of ether oxygens (including phenoxy) is 1. The van der Waals surface area contributed by atoms with E-state index in [4.69, 9.17) is 4.74 Å². The monoisotopic (exact) mass is 190 g/mol. The molecule has 0 bridgehead atoms. The maximum atomic E-state index is 11.6. The van der Waals surface area contributed by atoms with Gasteiger partial charge in [0.15, 0.2) is 5.78 Å². The van der Waals surface area contributed by atoms with Gasteiger partial charge in [-0.3, -0.25) is 4.79 Å². The number of allylic oxidation sites excluding steroid dienone is 1. The van der Waals surface area contributed by atoms with Gasteiger partial charge in [-0.1, -0.05) is 18.7 Å². The molecule has 0 aromatic heterocycles. The lowest BCUT2D eigenvalue weighted by atomic mass is 10.0. The second-order valence-electron chi connectivity index (χ2n) is 3.29. The Balaban J connectivity index is 3.12. The normalized spacial score (nSPS) is 9.64. The predicted octanol–water partition coefficient (Wildman–Crippen LogP) is 2.76. The molecule has 0 saturated heterocycles. The summed E-state index contributed by atoms with van der Waals surface area (Å²) < 4.78 is 5.13. The SMILES string of the molecule is C=C(C)C(=O)c1ccc(C)c(OC)c1. The molecule has 0 atom stereocenters. The summed E-state index contributed by atoms with van der Waals surface area (Å²) in [5, 5.41) is 0. The Morgan fingerprint density at radius 2 is 2.07 bits per heavy atom. The molecule has 0 aliphatic carbocycles. The van der Waals surface area contributed by atoms with E-state index < -0.39 is 0 Å². The summed E-state index contributed by atoms with van der Waals surface area (Å²) in [7, 11) is 1.59. The van der Waals surface area contributed by atoms with Crippen LogP contribution in [0.5, 0.6) is 5.75 Å². The molecule has 2 heteroatoms. The molecule has 1 aromatic carbocycles.